The van der Waals surface area contributed by atoms with Gasteiger partial charge in [-0.2, -0.15) is 5.10 Å². The first-order valence-corrected chi connectivity index (χ1v) is 9.54. The molecule has 0 saturated carbocycles. The fraction of sp³-hybridized carbons (Fsp3) is 0.500. The van der Waals surface area contributed by atoms with Crippen LogP contribution in [-0.2, 0) is 11.3 Å². The minimum absolute atomic E-state index is 0.0753. The van der Waals surface area contributed by atoms with Gasteiger partial charge < -0.3 is 20.2 Å². The summed E-state index contributed by atoms with van der Waals surface area (Å²) in [7, 11) is 0. The lowest BCUT2D eigenvalue weighted by Gasteiger charge is -2.22. The summed E-state index contributed by atoms with van der Waals surface area (Å²) in [5, 5.41) is 20.5. The van der Waals surface area contributed by atoms with Gasteiger partial charge >= 0.3 is 5.63 Å². The molecule has 9 nitrogen and oxygen atoms in total. The summed E-state index contributed by atoms with van der Waals surface area (Å²) in [6, 6.07) is 1.82. The second-order valence-electron chi connectivity index (χ2n) is 7.15. The Labute approximate surface area is 168 Å². The van der Waals surface area contributed by atoms with Crippen LogP contribution in [0.3, 0.4) is 0 Å². The maximum atomic E-state index is 12.5. The molecule has 0 radical (unpaired) electrons. The molecule has 1 fully saturated rings. The van der Waals surface area contributed by atoms with E-state index in [9.17, 15) is 9.59 Å². The fourth-order valence-corrected chi connectivity index (χ4v) is 3.29. The van der Waals surface area contributed by atoms with E-state index in [4.69, 9.17) is 14.3 Å². The molecule has 2 aromatic rings. The first kappa shape index (κ1) is 22.4. The van der Waals surface area contributed by atoms with Crippen LogP contribution in [0.4, 0.5) is 0 Å². The highest BCUT2D eigenvalue weighted by Crippen LogP contribution is 2.23. The summed E-state index contributed by atoms with van der Waals surface area (Å²) >= 11 is 0. The number of rotatable bonds is 4. The monoisotopic (exact) mass is 404 g/mol. The molecule has 0 bridgehead atoms. The molecule has 3 heterocycles. The van der Waals surface area contributed by atoms with Crippen LogP contribution in [0.1, 0.15) is 64.3 Å². The molecule has 1 aliphatic heterocycles. The quantitative estimate of drug-likeness (QED) is 0.609. The maximum absolute atomic E-state index is 12.5. The Balaban J connectivity index is 0.000000687. The summed E-state index contributed by atoms with van der Waals surface area (Å²) in [5.41, 5.74) is 2.82. The largest absolute Gasteiger partial charge is 0.481 e. The number of aliphatic carboxylic acids is 1. The van der Waals surface area contributed by atoms with Gasteiger partial charge in [-0.15, -0.1) is 0 Å². The zero-order valence-corrected chi connectivity index (χ0v) is 17.2. The number of nitrogens with zero attached hydrogens (tertiary/aromatic N) is 1. The smallest absolute Gasteiger partial charge is 0.349 e. The average Bonchev–Trinajstić information content (AvgIpc) is 2.97. The van der Waals surface area contributed by atoms with Crippen LogP contribution in [0.2, 0.25) is 0 Å². The topological polar surface area (TPSA) is 137 Å². The first-order valence-electron chi connectivity index (χ1n) is 9.54. The molecule has 1 aliphatic rings. The average molecular weight is 404 g/mol. The number of carboxylic acids is 1. The maximum Gasteiger partial charge on any atom is 0.349 e. The van der Waals surface area contributed by atoms with Crippen molar-refractivity contribution >= 4 is 11.9 Å². The number of hydrogen-bond acceptors (Lipinski definition) is 6. The van der Waals surface area contributed by atoms with Gasteiger partial charge in [0.05, 0.1) is 5.69 Å². The van der Waals surface area contributed by atoms with Gasteiger partial charge in [0.25, 0.3) is 11.9 Å². The van der Waals surface area contributed by atoms with E-state index in [0.29, 0.717) is 17.9 Å². The van der Waals surface area contributed by atoms with Crippen molar-refractivity contribution in [3.05, 3.63) is 50.3 Å². The normalized spacial score (nSPS) is 15.9. The third-order valence-corrected chi connectivity index (χ3v) is 4.80. The van der Waals surface area contributed by atoms with Gasteiger partial charge in [-0.3, -0.25) is 14.7 Å². The van der Waals surface area contributed by atoms with Crippen LogP contribution >= 0.6 is 0 Å². The molecular formula is C20H28N4O5. The number of amides is 1. The zero-order valence-electron chi connectivity index (χ0n) is 17.2. The second kappa shape index (κ2) is 10.0. The molecule has 0 aromatic carbocycles. The highest BCUT2D eigenvalue weighted by molar-refractivity contribution is 5.95. The molecule has 29 heavy (non-hydrogen) atoms. The Morgan fingerprint density at radius 2 is 2.03 bits per heavy atom. The van der Waals surface area contributed by atoms with E-state index in [1.165, 1.54) is 0 Å². The van der Waals surface area contributed by atoms with E-state index in [1.807, 2.05) is 19.9 Å². The van der Waals surface area contributed by atoms with Gasteiger partial charge in [-0.1, -0.05) is 0 Å². The van der Waals surface area contributed by atoms with Gasteiger partial charge in [0.1, 0.15) is 11.3 Å². The third-order valence-electron chi connectivity index (χ3n) is 4.80. The van der Waals surface area contributed by atoms with Crippen molar-refractivity contribution in [2.24, 2.45) is 0 Å². The molecule has 1 saturated heterocycles. The Kier molecular flexibility index (Phi) is 7.72. The number of aryl methyl sites for hydroxylation is 3. The van der Waals surface area contributed by atoms with E-state index in [2.05, 4.69) is 20.8 Å². The molecule has 4 N–H and O–H groups in total. The molecule has 1 atom stereocenters. The Morgan fingerprint density at radius 1 is 1.34 bits per heavy atom. The fourth-order valence-electron chi connectivity index (χ4n) is 3.29. The molecule has 158 valence electrons. The summed E-state index contributed by atoms with van der Waals surface area (Å²) in [6.45, 7) is 8.74. The standard InChI is InChI=1S/C18H24N4O3.C2H4O2/c1-10-7-15(13-5-4-6-19-8-13)25-18(24)16(10)17(23)20-9-14-11(2)21-22-12(14)3;1-2(3)4/h7,13,19H,4-6,8-9H2,1-3H3,(H,20,23)(H,21,22);1H3,(H,3,4). The number of aromatic amines is 1. The molecule has 1 amide bonds. The van der Waals surface area contributed by atoms with Crippen molar-refractivity contribution in [3.63, 3.8) is 0 Å². The van der Waals surface area contributed by atoms with E-state index in [0.717, 1.165) is 49.8 Å². The summed E-state index contributed by atoms with van der Waals surface area (Å²) in [6.07, 6.45) is 2.04. The molecule has 0 spiro atoms. The number of aromatic nitrogens is 2. The van der Waals surface area contributed by atoms with Crippen LogP contribution in [0.5, 0.6) is 0 Å². The molecule has 1 unspecified atom stereocenters. The number of carboxylic acid groups (broad SMARTS) is 1. The summed E-state index contributed by atoms with van der Waals surface area (Å²) in [4.78, 5) is 33.9. The third kappa shape index (κ3) is 6.02. The van der Waals surface area contributed by atoms with Crippen molar-refractivity contribution in [2.75, 3.05) is 13.1 Å². The van der Waals surface area contributed by atoms with Crippen LogP contribution in [0.25, 0.3) is 0 Å². The van der Waals surface area contributed by atoms with Gasteiger partial charge in [0.15, 0.2) is 0 Å². The lowest BCUT2D eigenvalue weighted by molar-refractivity contribution is -0.134. The minimum atomic E-state index is -0.833. The predicted octanol–water partition coefficient (Wildman–Crippen LogP) is 1.78. The van der Waals surface area contributed by atoms with Gasteiger partial charge in [0, 0.05) is 37.2 Å². The number of carbonyl (C=O) groups excluding carboxylic acids is 1. The van der Waals surface area contributed by atoms with E-state index in [-0.39, 0.29) is 11.5 Å². The van der Waals surface area contributed by atoms with E-state index < -0.39 is 17.5 Å². The Morgan fingerprint density at radius 3 is 2.55 bits per heavy atom. The SMILES string of the molecule is CC(=O)O.Cc1cc(C2CCCNC2)oc(=O)c1C(=O)NCc1c(C)n[nH]c1C. The van der Waals surface area contributed by atoms with Gasteiger partial charge in [-0.05, 0) is 51.8 Å². The summed E-state index contributed by atoms with van der Waals surface area (Å²) in [5.74, 6) is -0.402. The molecule has 2 aromatic heterocycles. The van der Waals surface area contributed by atoms with Crippen LogP contribution < -0.4 is 16.3 Å². The zero-order chi connectivity index (χ0) is 21.6. The highest BCUT2D eigenvalue weighted by Gasteiger charge is 2.22. The lowest BCUT2D eigenvalue weighted by atomic mass is 9.95. The van der Waals surface area contributed by atoms with Crippen LogP contribution in [0.15, 0.2) is 15.3 Å². The van der Waals surface area contributed by atoms with E-state index in [1.54, 1.807) is 6.92 Å². The van der Waals surface area contributed by atoms with Crippen molar-refractivity contribution in [1.82, 2.24) is 20.8 Å². The van der Waals surface area contributed by atoms with Crippen LogP contribution in [-0.4, -0.2) is 40.3 Å². The summed E-state index contributed by atoms with van der Waals surface area (Å²) < 4.78 is 5.46. The lowest BCUT2D eigenvalue weighted by Crippen LogP contribution is -2.31. The number of piperidine rings is 1. The minimum Gasteiger partial charge on any atom is -0.481 e. The molecule has 9 heteroatoms. The Hall–Kier alpha value is -2.94. The molecular weight excluding hydrogens is 376 g/mol. The van der Waals surface area contributed by atoms with E-state index >= 15 is 0 Å². The van der Waals surface area contributed by atoms with Crippen molar-refractivity contribution < 1.29 is 19.1 Å². The van der Waals surface area contributed by atoms with Crippen LogP contribution in [0, 0.1) is 20.8 Å². The van der Waals surface area contributed by atoms with Gasteiger partial charge in [0.2, 0.25) is 0 Å². The number of H-pyrrole nitrogens is 1. The second-order valence-corrected chi connectivity index (χ2v) is 7.15. The number of nitrogens with one attached hydrogen (secondary N) is 3. The molecule has 3 rings (SSSR count). The van der Waals surface area contributed by atoms with Gasteiger partial charge in [-0.25, -0.2) is 4.79 Å². The van der Waals surface area contributed by atoms with Crippen molar-refractivity contribution in [3.8, 4) is 0 Å². The van der Waals surface area contributed by atoms with Crippen molar-refractivity contribution in [2.45, 2.75) is 53.0 Å². The first-order chi connectivity index (χ1) is 13.7. The predicted molar refractivity (Wildman–Crippen MR) is 107 cm³/mol. The molecule has 0 aliphatic carbocycles. The number of hydrogen-bond donors (Lipinski definition) is 4. The number of carbonyl (C=O) groups is 2. The Bertz CT molecular complexity index is 902. The highest BCUT2D eigenvalue weighted by atomic mass is 16.4. The van der Waals surface area contributed by atoms with Crippen molar-refractivity contribution in [1.29, 1.82) is 0 Å².